The van der Waals surface area contributed by atoms with Gasteiger partial charge in [-0.25, -0.2) is 17.2 Å². The van der Waals surface area contributed by atoms with Gasteiger partial charge < -0.3 is 15.0 Å². The Morgan fingerprint density at radius 1 is 1.21 bits per heavy atom. The molecule has 1 amide bonds. The summed E-state index contributed by atoms with van der Waals surface area (Å²) in [4.78, 5) is 15.2. The Balaban J connectivity index is 1.51. The molecular weight excluding hydrogens is 522 g/mol. The van der Waals surface area contributed by atoms with Crippen molar-refractivity contribution >= 4 is 21.3 Å². The van der Waals surface area contributed by atoms with Crippen LogP contribution in [-0.2, 0) is 19.4 Å². The zero-order chi connectivity index (χ0) is 28.2. The highest BCUT2D eigenvalue weighted by molar-refractivity contribution is 7.94. The lowest BCUT2D eigenvalue weighted by atomic mass is 9.91. The largest absolute Gasteiger partial charge is 0.375 e. The zero-order valence-corrected chi connectivity index (χ0v) is 23.4. The number of carbonyl (C=O) groups excluding carboxylic acids is 1. The number of sulfone groups is 1. The lowest BCUT2D eigenvalue weighted by Gasteiger charge is -2.34. The molecule has 1 saturated carbocycles. The van der Waals surface area contributed by atoms with Gasteiger partial charge in [-0.05, 0) is 87.4 Å². The first kappa shape index (κ1) is 29.0. The third-order valence-electron chi connectivity index (χ3n) is 7.48. The van der Waals surface area contributed by atoms with Crippen LogP contribution in [0.2, 0.25) is 0 Å². The summed E-state index contributed by atoms with van der Waals surface area (Å²) in [5.41, 5.74) is 1.75. The number of rotatable bonds is 10. The predicted molar refractivity (Wildman–Crippen MR) is 149 cm³/mol. The standard InChI is InChI=1S/C30H36F2N2O4S/c1-4-34(29-16-13-22(17-28(29)32)20(2)38-24-7-5-8-24)19-33-30(35)27-18-25(39(3,36)37)9-6-10-26(27)21-11-14-23(31)15-12-21/h6,9,11-12,14-18,20,22,24H,4-5,7-8,10,13,19H2,1-3H3,(H,33,35). The average molecular weight is 559 g/mol. The molecule has 1 N–H and O–H groups in total. The number of carbonyl (C=O) groups is 1. The molecule has 0 spiro atoms. The van der Waals surface area contributed by atoms with Gasteiger partial charge in [0, 0.05) is 24.3 Å². The van der Waals surface area contributed by atoms with E-state index >= 15 is 4.39 Å². The Morgan fingerprint density at radius 3 is 2.51 bits per heavy atom. The lowest BCUT2D eigenvalue weighted by Crippen LogP contribution is -2.39. The van der Waals surface area contributed by atoms with Gasteiger partial charge in [-0.1, -0.05) is 24.3 Å². The van der Waals surface area contributed by atoms with Crippen LogP contribution in [0.5, 0.6) is 0 Å². The minimum atomic E-state index is -3.59. The van der Waals surface area contributed by atoms with Crippen molar-refractivity contribution in [2.45, 2.75) is 58.2 Å². The number of benzene rings is 1. The van der Waals surface area contributed by atoms with Crippen LogP contribution in [0.15, 0.2) is 76.6 Å². The topological polar surface area (TPSA) is 75.7 Å². The molecule has 210 valence electrons. The molecule has 1 aromatic carbocycles. The van der Waals surface area contributed by atoms with Crippen LogP contribution in [-0.4, -0.2) is 50.9 Å². The van der Waals surface area contributed by atoms with Gasteiger partial charge in [-0.3, -0.25) is 4.79 Å². The number of ether oxygens (including phenoxy) is 1. The number of hydrogen-bond acceptors (Lipinski definition) is 5. The Kier molecular flexibility index (Phi) is 9.23. The van der Waals surface area contributed by atoms with Crippen LogP contribution in [0, 0.1) is 11.7 Å². The number of amides is 1. The predicted octanol–water partition coefficient (Wildman–Crippen LogP) is 5.58. The first-order valence-corrected chi connectivity index (χ1v) is 15.3. The van der Waals surface area contributed by atoms with Gasteiger partial charge in [-0.2, -0.15) is 0 Å². The molecule has 6 nitrogen and oxygen atoms in total. The van der Waals surface area contributed by atoms with Gasteiger partial charge in [0.15, 0.2) is 9.84 Å². The van der Waals surface area contributed by atoms with E-state index in [0.29, 0.717) is 29.8 Å². The molecule has 4 rings (SSSR count). The van der Waals surface area contributed by atoms with Crippen LogP contribution in [0.1, 0.15) is 51.5 Å². The number of hydrogen-bond donors (Lipinski definition) is 1. The second-order valence-corrected chi connectivity index (χ2v) is 12.3. The first-order valence-electron chi connectivity index (χ1n) is 13.4. The third-order valence-corrected chi connectivity index (χ3v) is 8.60. The van der Waals surface area contributed by atoms with E-state index in [9.17, 15) is 17.6 Å². The molecule has 0 saturated heterocycles. The molecule has 1 fully saturated rings. The first-order chi connectivity index (χ1) is 18.6. The summed E-state index contributed by atoms with van der Waals surface area (Å²) < 4.78 is 59.4. The maximum absolute atomic E-state index is 15.2. The van der Waals surface area contributed by atoms with E-state index in [0.717, 1.165) is 19.1 Å². The summed E-state index contributed by atoms with van der Waals surface area (Å²) in [7, 11) is -3.59. The lowest BCUT2D eigenvalue weighted by molar-refractivity contribution is -0.117. The Labute approximate surface area is 229 Å². The molecule has 9 heteroatoms. The molecule has 1 aromatic rings. The maximum Gasteiger partial charge on any atom is 0.253 e. The summed E-state index contributed by atoms with van der Waals surface area (Å²) >= 11 is 0. The molecule has 0 heterocycles. The van der Waals surface area contributed by atoms with E-state index in [4.69, 9.17) is 4.74 Å². The van der Waals surface area contributed by atoms with Gasteiger partial charge >= 0.3 is 0 Å². The van der Waals surface area contributed by atoms with Gasteiger partial charge in [0.25, 0.3) is 5.91 Å². The van der Waals surface area contributed by atoms with Crippen LogP contribution >= 0.6 is 0 Å². The fraction of sp³-hybridized carbons (Fsp3) is 0.433. The van der Waals surface area contributed by atoms with E-state index in [-0.39, 0.29) is 47.5 Å². The maximum atomic E-state index is 15.2. The number of allylic oxidation sites excluding steroid dienone is 5. The third kappa shape index (κ3) is 7.13. The fourth-order valence-electron chi connectivity index (χ4n) is 4.87. The van der Waals surface area contributed by atoms with Crippen LogP contribution in [0.3, 0.4) is 0 Å². The van der Waals surface area contributed by atoms with Crippen molar-refractivity contribution in [1.29, 1.82) is 0 Å². The van der Waals surface area contributed by atoms with Gasteiger partial charge in [0.2, 0.25) is 0 Å². The number of halogens is 2. The molecule has 0 aromatic heterocycles. The second kappa shape index (κ2) is 12.4. The van der Waals surface area contributed by atoms with E-state index in [1.54, 1.807) is 29.2 Å². The van der Waals surface area contributed by atoms with Crippen molar-refractivity contribution < 1.29 is 26.7 Å². The van der Waals surface area contributed by atoms with Crippen molar-refractivity contribution in [3.63, 3.8) is 0 Å². The Bertz CT molecular complexity index is 1340. The average Bonchev–Trinajstić information content (AvgIpc) is 3.11. The van der Waals surface area contributed by atoms with Crippen LogP contribution < -0.4 is 5.32 Å². The smallest absolute Gasteiger partial charge is 0.253 e. The van der Waals surface area contributed by atoms with Crippen LogP contribution in [0.4, 0.5) is 8.78 Å². The van der Waals surface area contributed by atoms with Gasteiger partial charge in [-0.15, -0.1) is 0 Å². The van der Waals surface area contributed by atoms with Crippen molar-refractivity contribution in [2.75, 3.05) is 19.5 Å². The molecule has 2 atom stereocenters. The molecule has 0 bridgehead atoms. The fourth-order valence-corrected chi connectivity index (χ4v) is 5.55. The highest BCUT2D eigenvalue weighted by Crippen LogP contribution is 2.33. The van der Waals surface area contributed by atoms with Gasteiger partial charge in [0.1, 0.15) is 11.6 Å². The molecule has 3 aliphatic carbocycles. The SMILES string of the molecule is CCN(CNC(=O)C1=C(c2ccc(F)cc2)CC=CC(S(C)(=O)=O)=C1)C1=CCC(C(C)OC2CCC2)C=C1F. The molecule has 2 unspecified atom stereocenters. The van der Waals surface area contributed by atoms with E-state index < -0.39 is 21.6 Å². The minimum absolute atomic E-state index is 0.00496. The summed E-state index contributed by atoms with van der Waals surface area (Å²) in [6.45, 7) is 4.32. The van der Waals surface area contributed by atoms with Crippen molar-refractivity contribution in [2.24, 2.45) is 5.92 Å². The molecule has 0 radical (unpaired) electrons. The molecule has 0 aliphatic heterocycles. The van der Waals surface area contributed by atoms with Gasteiger partial charge in [0.05, 0.1) is 29.5 Å². The second-order valence-electron chi connectivity index (χ2n) is 10.2. The summed E-state index contributed by atoms with van der Waals surface area (Å²) in [5.74, 6) is -1.32. The molecule has 39 heavy (non-hydrogen) atoms. The molecule has 3 aliphatic rings. The summed E-state index contributed by atoms with van der Waals surface area (Å²) in [5, 5.41) is 2.84. The van der Waals surface area contributed by atoms with Crippen molar-refractivity contribution in [3.8, 4) is 0 Å². The van der Waals surface area contributed by atoms with E-state index in [1.165, 1.54) is 30.7 Å². The number of nitrogens with one attached hydrogen (secondary N) is 1. The van der Waals surface area contributed by atoms with E-state index in [2.05, 4.69) is 5.32 Å². The van der Waals surface area contributed by atoms with E-state index in [1.807, 2.05) is 19.9 Å². The highest BCUT2D eigenvalue weighted by Gasteiger charge is 2.28. The summed E-state index contributed by atoms with van der Waals surface area (Å²) in [6.07, 6.45) is 13.4. The quantitative estimate of drug-likeness (QED) is 0.380. The number of likely N-dealkylation sites (N-methyl/N-ethyl adjacent to an activating group) is 1. The Hall–Kier alpha value is -3.04. The highest BCUT2D eigenvalue weighted by atomic mass is 32.2. The zero-order valence-electron chi connectivity index (χ0n) is 22.6. The number of nitrogens with zero attached hydrogens (tertiary/aromatic N) is 1. The van der Waals surface area contributed by atoms with Crippen molar-refractivity contribution in [1.82, 2.24) is 10.2 Å². The Morgan fingerprint density at radius 2 is 1.92 bits per heavy atom. The minimum Gasteiger partial charge on any atom is -0.375 e. The molecular formula is C30H36F2N2O4S. The van der Waals surface area contributed by atoms with Crippen LogP contribution in [0.25, 0.3) is 5.57 Å². The normalized spacial score (nSPS) is 20.8. The monoisotopic (exact) mass is 558 g/mol. The summed E-state index contributed by atoms with van der Waals surface area (Å²) in [6, 6.07) is 5.70. The van der Waals surface area contributed by atoms with Crippen molar-refractivity contribution in [3.05, 3.63) is 88.0 Å².